The molecule has 0 aliphatic carbocycles. The molecule has 39 heavy (non-hydrogen) atoms. The zero-order valence-electron chi connectivity index (χ0n) is 22.5. The average Bonchev–Trinajstić information content (AvgIpc) is 3.35. The summed E-state index contributed by atoms with van der Waals surface area (Å²) in [6.07, 6.45) is 0.624. The van der Waals surface area contributed by atoms with Crippen LogP contribution < -0.4 is 10.6 Å². The molecule has 0 saturated heterocycles. The fourth-order valence-corrected chi connectivity index (χ4v) is 4.26. The average molecular weight is 544 g/mol. The van der Waals surface area contributed by atoms with Crippen LogP contribution in [0.3, 0.4) is 0 Å². The number of urea groups is 1. The van der Waals surface area contributed by atoms with Crippen LogP contribution in [0, 0.1) is 0 Å². The van der Waals surface area contributed by atoms with Gasteiger partial charge < -0.3 is 15.5 Å². The Kier molecular flexibility index (Phi) is 9.04. The molecule has 7 nitrogen and oxygen atoms in total. The van der Waals surface area contributed by atoms with Crippen molar-refractivity contribution in [2.45, 2.75) is 39.2 Å². The molecule has 3 aromatic carbocycles. The lowest BCUT2D eigenvalue weighted by atomic mass is 9.92. The number of benzene rings is 3. The molecule has 0 aliphatic rings. The minimum Gasteiger partial charge on any atom is -0.334 e. The van der Waals surface area contributed by atoms with Crippen LogP contribution >= 0.6 is 11.6 Å². The molecule has 4 aromatic rings. The Morgan fingerprint density at radius 1 is 0.897 bits per heavy atom. The summed E-state index contributed by atoms with van der Waals surface area (Å²) in [5, 5.41) is 11.2. The second kappa shape index (κ2) is 12.6. The number of nitrogens with one attached hydrogen (secondary N) is 2. The van der Waals surface area contributed by atoms with Crippen LogP contribution in [0.1, 0.15) is 37.6 Å². The number of halogens is 1. The van der Waals surface area contributed by atoms with Crippen molar-refractivity contribution in [1.29, 1.82) is 0 Å². The van der Waals surface area contributed by atoms with E-state index in [0.717, 1.165) is 16.8 Å². The highest BCUT2D eigenvalue weighted by atomic mass is 35.5. The standard InChI is InChI=1S/C31H34ClN5O2/c1-31(2,3)27-20-28(37(35-27)26-17-11-10-16-25(26)32)34-29(38)22-36(19-18-23-12-6-4-7-13-23)30(39)33-21-24-14-8-5-9-15-24/h4-17,20H,18-19,21-22H2,1-3H3,(H,33,39)(H,34,38). The summed E-state index contributed by atoms with van der Waals surface area (Å²) in [6.45, 7) is 6.80. The number of hydrogen-bond donors (Lipinski definition) is 2. The summed E-state index contributed by atoms with van der Waals surface area (Å²) in [5.41, 5.74) is 3.29. The van der Waals surface area contributed by atoms with Gasteiger partial charge in [0, 0.05) is 24.6 Å². The van der Waals surface area contributed by atoms with Crippen LogP contribution in [0.5, 0.6) is 0 Å². The highest BCUT2D eigenvalue weighted by Crippen LogP contribution is 2.29. The number of carbonyl (C=O) groups is 2. The smallest absolute Gasteiger partial charge is 0.318 e. The molecule has 0 bridgehead atoms. The number of anilines is 1. The Labute approximate surface area is 234 Å². The van der Waals surface area contributed by atoms with E-state index in [-0.39, 0.29) is 23.9 Å². The van der Waals surface area contributed by atoms with Gasteiger partial charge in [-0.2, -0.15) is 5.10 Å². The predicted molar refractivity (Wildman–Crippen MR) is 156 cm³/mol. The van der Waals surface area contributed by atoms with E-state index in [4.69, 9.17) is 16.7 Å². The van der Waals surface area contributed by atoms with Gasteiger partial charge in [-0.3, -0.25) is 4.79 Å². The van der Waals surface area contributed by atoms with Gasteiger partial charge in [0.2, 0.25) is 5.91 Å². The fraction of sp³-hybridized carbons (Fsp3) is 0.258. The first kappa shape index (κ1) is 27.9. The molecule has 0 fully saturated rings. The van der Waals surface area contributed by atoms with Gasteiger partial charge >= 0.3 is 6.03 Å². The molecular formula is C31H34ClN5O2. The highest BCUT2D eigenvalue weighted by Gasteiger charge is 2.24. The van der Waals surface area contributed by atoms with E-state index in [9.17, 15) is 9.59 Å². The van der Waals surface area contributed by atoms with Crippen LogP contribution in [0.15, 0.2) is 91.0 Å². The molecular weight excluding hydrogens is 510 g/mol. The van der Waals surface area contributed by atoms with Gasteiger partial charge in [0.15, 0.2) is 0 Å². The van der Waals surface area contributed by atoms with Crippen molar-refractivity contribution in [3.8, 4) is 5.69 Å². The van der Waals surface area contributed by atoms with Gasteiger partial charge in [-0.1, -0.05) is 105 Å². The van der Waals surface area contributed by atoms with E-state index < -0.39 is 0 Å². The Morgan fingerprint density at radius 2 is 1.51 bits per heavy atom. The van der Waals surface area contributed by atoms with Gasteiger partial charge in [0.1, 0.15) is 12.4 Å². The number of carbonyl (C=O) groups excluding carboxylic acids is 2. The topological polar surface area (TPSA) is 79.3 Å². The number of rotatable bonds is 9. The molecule has 8 heteroatoms. The maximum atomic E-state index is 13.3. The first-order chi connectivity index (χ1) is 18.7. The Morgan fingerprint density at radius 3 is 2.15 bits per heavy atom. The van der Waals surface area contributed by atoms with Crippen molar-refractivity contribution in [3.63, 3.8) is 0 Å². The Hall–Kier alpha value is -4.10. The van der Waals surface area contributed by atoms with Gasteiger partial charge in [-0.15, -0.1) is 0 Å². The van der Waals surface area contributed by atoms with E-state index in [1.54, 1.807) is 10.7 Å². The summed E-state index contributed by atoms with van der Waals surface area (Å²) in [4.78, 5) is 28.1. The Balaban J connectivity index is 1.52. The van der Waals surface area contributed by atoms with Crippen LogP contribution in [0.2, 0.25) is 5.02 Å². The molecule has 0 unspecified atom stereocenters. The van der Waals surface area contributed by atoms with Gasteiger partial charge in [-0.05, 0) is 29.7 Å². The highest BCUT2D eigenvalue weighted by molar-refractivity contribution is 6.32. The van der Waals surface area contributed by atoms with Crippen LogP contribution in [-0.4, -0.2) is 39.7 Å². The summed E-state index contributed by atoms with van der Waals surface area (Å²) in [5.74, 6) is 0.164. The minimum absolute atomic E-state index is 0.119. The summed E-state index contributed by atoms with van der Waals surface area (Å²) in [7, 11) is 0. The van der Waals surface area contributed by atoms with Crippen LogP contribution in [-0.2, 0) is 23.2 Å². The molecule has 3 amide bonds. The molecule has 0 saturated carbocycles. The molecule has 1 aromatic heterocycles. The van der Waals surface area contributed by atoms with Crippen molar-refractivity contribution in [3.05, 3.63) is 113 Å². The van der Waals surface area contributed by atoms with E-state index in [0.29, 0.717) is 36.0 Å². The maximum absolute atomic E-state index is 13.3. The maximum Gasteiger partial charge on any atom is 0.318 e. The second-order valence-electron chi connectivity index (χ2n) is 10.4. The van der Waals surface area contributed by atoms with Crippen molar-refractivity contribution in [2.24, 2.45) is 0 Å². The zero-order chi connectivity index (χ0) is 27.8. The minimum atomic E-state index is -0.327. The van der Waals surface area contributed by atoms with E-state index in [2.05, 4.69) is 31.4 Å². The van der Waals surface area contributed by atoms with Crippen molar-refractivity contribution < 1.29 is 9.59 Å². The van der Waals surface area contributed by atoms with Gasteiger partial charge in [-0.25, -0.2) is 9.48 Å². The molecule has 202 valence electrons. The number of hydrogen-bond acceptors (Lipinski definition) is 3. The lowest BCUT2D eigenvalue weighted by molar-refractivity contribution is -0.116. The number of nitrogens with zero attached hydrogens (tertiary/aromatic N) is 3. The third-order valence-electron chi connectivity index (χ3n) is 6.25. The SMILES string of the molecule is CC(C)(C)c1cc(NC(=O)CN(CCc2ccccc2)C(=O)NCc2ccccc2)n(-c2ccccc2Cl)n1. The third-order valence-corrected chi connectivity index (χ3v) is 6.57. The second-order valence-corrected chi connectivity index (χ2v) is 10.8. The molecule has 1 heterocycles. The third kappa shape index (κ3) is 7.71. The quantitative estimate of drug-likeness (QED) is 0.263. The molecule has 0 radical (unpaired) electrons. The van der Waals surface area contributed by atoms with E-state index >= 15 is 0 Å². The molecule has 0 atom stereocenters. The van der Waals surface area contributed by atoms with Crippen molar-refractivity contribution in [2.75, 3.05) is 18.4 Å². The van der Waals surface area contributed by atoms with Crippen molar-refractivity contribution >= 4 is 29.4 Å². The molecule has 0 aliphatic heterocycles. The van der Waals surface area contributed by atoms with Gasteiger partial charge in [0.25, 0.3) is 0 Å². The largest absolute Gasteiger partial charge is 0.334 e. The first-order valence-electron chi connectivity index (χ1n) is 13.0. The number of para-hydroxylation sites is 1. The lowest BCUT2D eigenvalue weighted by Crippen LogP contribution is -2.44. The normalized spacial score (nSPS) is 11.2. The zero-order valence-corrected chi connectivity index (χ0v) is 23.3. The summed E-state index contributed by atoms with van der Waals surface area (Å²) >= 11 is 6.47. The summed E-state index contributed by atoms with van der Waals surface area (Å²) in [6, 6.07) is 28.5. The first-order valence-corrected chi connectivity index (χ1v) is 13.3. The van der Waals surface area contributed by atoms with Crippen molar-refractivity contribution in [1.82, 2.24) is 20.0 Å². The molecule has 0 spiro atoms. The molecule has 4 rings (SSSR count). The number of aromatic nitrogens is 2. The van der Waals surface area contributed by atoms with Gasteiger partial charge in [0.05, 0.1) is 16.4 Å². The molecule has 2 N–H and O–H groups in total. The van der Waals surface area contributed by atoms with E-state index in [1.807, 2.05) is 84.9 Å². The van der Waals surface area contributed by atoms with E-state index in [1.165, 1.54) is 4.90 Å². The fourth-order valence-electron chi connectivity index (χ4n) is 4.05. The number of amides is 3. The Bertz CT molecular complexity index is 1400. The monoisotopic (exact) mass is 543 g/mol. The summed E-state index contributed by atoms with van der Waals surface area (Å²) < 4.78 is 1.64. The van der Waals surface area contributed by atoms with Crippen LogP contribution in [0.25, 0.3) is 5.69 Å². The van der Waals surface area contributed by atoms with Crippen LogP contribution in [0.4, 0.5) is 10.6 Å². The lowest BCUT2D eigenvalue weighted by Gasteiger charge is -2.23. The predicted octanol–water partition coefficient (Wildman–Crippen LogP) is 6.22.